The molecule has 0 N–H and O–H groups in total. The van der Waals surface area contributed by atoms with E-state index in [4.69, 9.17) is 16.3 Å². The largest absolute Gasteiger partial charge is 0.466 e. The Balaban J connectivity index is 3.19. The molecule has 0 radical (unpaired) electrons. The maximum atomic E-state index is 13.0. The minimum atomic E-state index is -2.74. The van der Waals surface area contributed by atoms with Gasteiger partial charge in [-0.3, -0.25) is 4.79 Å². The maximum absolute atomic E-state index is 13.0. The van der Waals surface area contributed by atoms with Gasteiger partial charge in [0.05, 0.1) is 18.6 Å². The Kier molecular flexibility index (Phi) is 5.95. The van der Waals surface area contributed by atoms with E-state index in [1.54, 1.807) is 6.92 Å². The number of carbonyl (C=O) groups excluding carboxylic acids is 1. The van der Waals surface area contributed by atoms with E-state index >= 15 is 0 Å². The molecule has 0 fully saturated rings. The minimum absolute atomic E-state index is 0.00867. The van der Waals surface area contributed by atoms with Gasteiger partial charge in [0.15, 0.2) is 0 Å². The number of rotatable bonds is 5. The van der Waals surface area contributed by atoms with Crippen LogP contribution in [-0.4, -0.2) is 17.6 Å². The molecule has 0 aliphatic heterocycles. The van der Waals surface area contributed by atoms with Crippen molar-refractivity contribution in [3.05, 3.63) is 27.5 Å². The molecule has 0 amide bonds. The molecule has 0 spiro atoms. The summed E-state index contributed by atoms with van der Waals surface area (Å²) in [6.07, 6.45) is -1.60. The van der Waals surface area contributed by atoms with Crippen LogP contribution in [0.3, 0.4) is 0 Å². The first-order valence-corrected chi connectivity index (χ1v) is 6.49. The molecular weight excluding hydrogens is 331 g/mol. The van der Waals surface area contributed by atoms with Crippen molar-refractivity contribution in [1.82, 2.24) is 4.98 Å². The van der Waals surface area contributed by atoms with Crippen LogP contribution >= 0.6 is 27.5 Å². The number of aromatic nitrogens is 1. The molecule has 0 atom stereocenters. The van der Waals surface area contributed by atoms with Crippen molar-refractivity contribution in [2.24, 2.45) is 0 Å². The van der Waals surface area contributed by atoms with Crippen molar-refractivity contribution in [1.29, 1.82) is 0 Å². The van der Waals surface area contributed by atoms with Gasteiger partial charge in [-0.1, -0.05) is 0 Å². The third kappa shape index (κ3) is 3.62. The second kappa shape index (κ2) is 6.99. The van der Waals surface area contributed by atoms with Crippen molar-refractivity contribution >= 4 is 33.5 Å². The number of ether oxygens (including phenoxy) is 1. The summed E-state index contributed by atoms with van der Waals surface area (Å²) in [5, 5.41) is 0. The SMILES string of the molecule is CCOC(=O)Cc1c(CCl)cnc(Br)c1C(F)F. The van der Waals surface area contributed by atoms with Gasteiger partial charge < -0.3 is 4.74 Å². The summed E-state index contributed by atoms with van der Waals surface area (Å²) < 4.78 is 30.7. The monoisotopic (exact) mass is 341 g/mol. The molecule has 100 valence electrons. The molecule has 18 heavy (non-hydrogen) atoms. The molecule has 0 unspecified atom stereocenters. The van der Waals surface area contributed by atoms with Gasteiger partial charge >= 0.3 is 5.97 Å². The molecule has 0 saturated carbocycles. The molecule has 1 heterocycles. The molecular formula is C11H11BrClF2NO2. The fourth-order valence-electron chi connectivity index (χ4n) is 1.48. The minimum Gasteiger partial charge on any atom is -0.466 e. The topological polar surface area (TPSA) is 39.2 Å². The third-order valence-electron chi connectivity index (χ3n) is 2.26. The highest BCUT2D eigenvalue weighted by Crippen LogP contribution is 2.32. The molecule has 0 bridgehead atoms. The molecule has 0 aromatic carbocycles. The first kappa shape index (κ1) is 15.3. The first-order chi connectivity index (χ1) is 8.51. The van der Waals surface area contributed by atoms with E-state index in [-0.39, 0.29) is 34.6 Å². The normalized spacial score (nSPS) is 10.8. The molecule has 0 saturated heterocycles. The van der Waals surface area contributed by atoms with Crippen LogP contribution in [0.2, 0.25) is 0 Å². The standard InChI is InChI=1S/C11H11BrClF2NO2/c1-2-18-8(17)3-7-6(4-13)5-16-10(12)9(7)11(14)15/h5,11H,2-4H2,1H3. The van der Waals surface area contributed by atoms with E-state index in [2.05, 4.69) is 20.9 Å². The average Bonchev–Trinajstić information content (AvgIpc) is 2.29. The van der Waals surface area contributed by atoms with Crippen LogP contribution in [0.15, 0.2) is 10.8 Å². The summed E-state index contributed by atoms with van der Waals surface area (Å²) in [5.41, 5.74) is 0.282. The van der Waals surface area contributed by atoms with Gasteiger partial charge in [-0.05, 0) is 34.0 Å². The predicted molar refractivity (Wildman–Crippen MR) is 66.8 cm³/mol. The lowest BCUT2D eigenvalue weighted by Gasteiger charge is -2.13. The van der Waals surface area contributed by atoms with Crippen molar-refractivity contribution in [2.75, 3.05) is 6.61 Å². The summed E-state index contributed by atoms with van der Waals surface area (Å²) >= 11 is 8.62. The molecule has 7 heteroatoms. The fourth-order valence-corrected chi connectivity index (χ4v) is 2.23. The summed E-state index contributed by atoms with van der Waals surface area (Å²) in [7, 11) is 0. The Morgan fingerprint density at radius 2 is 2.28 bits per heavy atom. The second-order valence-electron chi connectivity index (χ2n) is 3.38. The number of nitrogens with zero attached hydrogens (tertiary/aromatic N) is 1. The molecule has 3 nitrogen and oxygen atoms in total. The number of hydrogen-bond donors (Lipinski definition) is 0. The van der Waals surface area contributed by atoms with E-state index in [1.165, 1.54) is 6.20 Å². The van der Waals surface area contributed by atoms with E-state index in [0.29, 0.717) is 5.56 Å². The summed E-state index contributed by atoms with van der Waals surface area (Å²) in [6.45, 7) is 1.85. The van der Waals surface area contributed by atoms with Crippen LogP contribution in [0.1, 0.15) is 30.0 Å². The van der Waals surface area contributed by atoms with E-state index in [0.717, 1.165) is 0 Å². The highest BCUT2D eigenvalue weighted by atomic mass is 79.9. The van der Waals surface area contributed by atoms with Gasteiger partial charge in [-0.2, -0.15) is 0 Å². The van der Waals surface area contributed by atoms with Gasteiger partial charge in [0.25, 0.3) is 6.43 Å². The first-order valence-electron chi connectivity index (χ1n) is 5.17. The van der Waals surface area contributed by atoms with Gasteiger partial charge in [-0.25, -0.2) is 13.8 Å². The molecule has 0 aliphatic rings. The third-order valence-corrected chi connectivity index (χ3v) is 3.18. The molecule has 1 aromatic heterocycles. The Labute approximate surface area is 117 Å². The van der Waals surface area contributed by atoms with Crippen molar-refractivity contribution in [3.8, 4) is 0 Å². The number of halogens is 4. The number of carbonyl (C=O) groups is 1. The van der Waals surface area contributed by atoms with Crippen LogP contribution in [0, 0.1) is 0 Å². The van der Waals surface area contributed by atoms with E-state index in [1.807, 2.05) is 0 Å². The number of pyridine rings is 1. The lowest BCUT2D eigenvalue weighted by Crippen LogP contribution is -2.12. The Hall–Kier alpha value is -0.750. The summed E-state index contributed by atoms with van der Waals surface area (Å²) in [6, 6.07) is 0. The van der Waals surface area contributed by atoms with Crippen molar-refractivity contribution < 1.29 is 18.3 Å². The van der Waals surface area contributed by atoms with Crippen LogP contribution in [0.25, 0.3) is 0 Å². The maximum Gasteiger partial charge on any atom is 0.310 e. The Morgan fingerprint density at radius 1 is 1.61 bits per heavy atom. The smallest absolute Gasteiger partial charge is 0.310 e. The Morgan fingerprint density at radius 3 is 2.78 bits per heavy atom. The number of alkyl halides is 3. The average molecular weight is 343 g/mol. The van der Waals surface area contributed by atoms with Crippen molar-refractivity contribution in [2.45, 2.75) is 25.7 Å². The second-order valence-corrected chi connectivity index (χ2v) is 4.40. The van der Waals surface area contributed by atoms with Crippen LogP contribution in [0.5, 0.6) is 0 Å². The van der Waals surface area contributed by atoms with Crippen LogP contribution in [0.4, 0.5) is 8.78 Å². The van der Waals surface area contributed by atoms with E-state index < -0.39 is 12.4 Å². The predicted octanol–water partition coefficient (Wildman–Crippen LogP) is 3.63. The van der Waals surface area contributed by atoms with Gasteiger partial charge in [0.2, 0.25) is 0 Å². The number of hydrogen-bond acceptors (Lipinski definition) is 3. The van der Waals surface area contributed by atoms with Gasteiger partial charge in [0.1, 0.15) is 4.60 Å². The van der Waals surface area contributed by atoms with Gasteiger partial charge in [0, 0.05) is 12.1 Å². The molecule has 1 rings (SSSR count). The zero-order valence-corrected chi connectivity index (χ0v) is 11.9. The number of esters is 1. The zero-order chi connectivity index (χ0) is 13.7. The van der Waals surface area contributed by atoms with Crippen molar-refractivity contribution in [3.63, 3.8) is 0 Å². The zero-order valence-electron chi connectivity index (χ0n) is 9.55. The fraction of sp³-hybridized carbons (Fsp3) is 0.455. The molecule has 1 aromatic rings. The van der Waals surface area contributed by atoms with Crippen LogP contribution in [-0.2, 0) is 21.8 Å². The highest BCUT2D eigenvalue weighted by Gasteiger charge is 2.22. The highest BCUT2D eigenvalue weighted by molar-refractivity contribution is 9.10. The summed E-state index contributed by atoms with van der Waals surface area (Å²) in [5.74, 6) is -0.557. The van der Waals surface area contributed by atoms with Gasteiger partial charge in [-0.15, -0.1) is 11.6 Å². The lowest BCUT2D eigenvalue weighted by atomic mass is 10.0. The molecule has 0 aliphatic carbocycles. The Bertz CT molecular complexity index is 443. The van der Waals surface area contributed by atoms with Crippen LogP contribution < -0.4 is 0 Å². The van der Waals surface area contributed by atoms with E-state index in [9.17, 15) is 13.6 Å². The summed E-state index contributed by atoms with van der Waals surface area (Å²) in [4.78, 5) is 15.2. The lowest BCUT2D eigenvalue weighted by molar-refractivity contribution is -0.142. The quantitative estimate of drug-likeness (QED) is 0.466.